The zero-order valence-corrected chi connectivity index (χ0v) is 19.6. The maximum Gasteiger partial charge on any atom is 0.274 e. The van der Waals surface area contributed by atoms with Crippen molar-refractivity contribution in [2.75, 3.05) is 30.4 Å². The van der Waals surface area contributed by atoms with E-state index in [1.807, 2.05) is 58.2 Å². The molecule has 168 valence electrons. The third-order valence-electron chi connectivity index (χ3n) is 6.33. The second kappa shape index (κ2) is 7.95. The number of hydrogen-bond acceptors (Lipinski definition) is 7. The number of anilines is 2. The fourth-order valence-corrected chi connectivity index (χ4v) is 4.32. The summed E-state index contributed by atoms with van der Waals surface area (Å²) in [5, 5.41) is 4.71. The van der Waals surface area contributed by atoms with Crippen LogP contribution in [0, 0.1) is 20.8 Å². The van der Waals surface area contributed by atoms with Gasteiger partial charge < -0.3 is 9.80 Å². The van der Waals surface area contributed by atoms with E-state index in [1.165, 1.54) is 16.1 Å². The molecule has 0 bridgehead atoms. The van der Waals surface area contributed by atoms with Crippen molar-refractivity contribution in [3.05, 3.63) is 75.1 Å². The first-order valence-electron chi connectivity index (χ1n) is 11.1. The van der Waals surface area contributed by atoms with Crippen LogP contribution in [0.4, 0.5) is 11.6 Å². The van der Waals surface area contributed by atoms with Crippen molar-refractivity contribution < 1.29 is 0 Å². The number of fused-ring (bicyclic) bond motifs is 2. The van der Waals surface area contributed by atoms with Crippen LogP contribution in [-0.2, 0) is 13.0 Å². The van der Waals surface area contributed by atoms with Crippen LogP contribution in [0.15, 0.2) is 41.5 Å². The summed E-state index contributed by atoms with van der Waals surface area (Å²) >= 11 is 0. The first-order chi connectivity index (χ1) is 15.8. The van der Waals surface area contributed by atoms with E-state index in [2.05, 4.69) is 27.0 Å². The summed E-state index contributed by atoms with van der Waals surface area (Å²) in [4.78, 5) is 30.6. The molecule has 0 aromatic carbocycles. The number of pyridine rings is 2. The molecule has 0 spiro atoms. The zero-order chi connectivity index (χ0) is 23.3. The minimum Gasteiger partial charge on any atom is -0.363 e. The zero-order valence-electron chi connectivity index (χ0n) is 19.6. The highest BCUT2D eigenvalue weighted by molar-refractivity contribution is 5.65. The van der Waals surface area contributed by atoms with Crippen molar-refractivity contribution in [2.45, 2.75) is 33.7 Å². The Morgan fingerprint density at radius 2 is 1.76 bits per heavy atom. The Hall–Kier alpha value is -3.81. The van der Waals surface area contributed by atoms with Gasteiger partial charge in [-0.2, -0.15) is 4.52 Å². The smallest absolute Gasteiger partial charge is 0.274 e. The Bertz CT molecular complexity index is 1420. The number of hydrogen-bond donors (Lipinski definition) is 0. The van der Waals surface area contributed by atoms with E-state index < -0.39 is 0 Å². The van der Waals surface area contributed by atoms with E-state index in [-0.39, 0.29) is 5.56 Å². The molecule has 0 aliphatic carbocycles. The van der Waals surface area contributed by atoms with Crippen molar-refractivity contribution in [1.82, 2.24) is 24.6 Å². The van der Waals surface area contributed by atoms with Crippen LogP contribution in [0.25, 0.3) is 16.8 Å². The Labute approximate surface area is 192 Å². The topological polar surface area (TPSA) is 79.5 Å². The number of rotatable bonds is 3. The molecule has 5 rings (SSSR count). The highest BCUT2D eigenvalue weighted by Gasteiger charge is 2.23. The Morgan fingerprint density at radius 3 is 2.48 bits per heavy atom. The van der Waals surface area contributed by atoms with Crippen LogP contribution in [0.1, 0.15) is 28.1 Å². The monoisotopic (exact) mass is 441 g/mol. The molecular weight excluding hydrogens is 414 g/mol. The van der Waals surface area contributed by atoms with Gasteiger partial charge in [0.2, 0.25) is 0 Å². The van der Waals surface area contributed by atoms with Gasteiger partial charge in [-0.1, -0.05) is 0 Å². The molecule has 0 saturated heterocycles. The first-order valence-corrected chi connectivity index (χ1v) is 11.1. The maximum absolute atomic E-state index is 12.6. The minimum atomic E-state index is -0.156. The number of aryl methyl sites for hydroxylation is 2. The lowest BCUT2D eigenvalue weighted by molar-refractivity contribution is 0.684. The standard InChI is InChI=1S/C25H27N7O/c1-15-10-23(33)32-24(28-15)16(2)17(3)25(29-32)31-9-8-21-20(14-31)11-19(13-26-21)18-6-7-22(27-12-18)30(4)5/h6-7,10-13H,8-9,14H2,1-5H3. The van der Waals surface area contributed by atoms with Gasteiger partial charge in [-0.25, -0.2) is 9.97 Å². The molecule has 1 aliphatic rings. The van der Waals surface area contributed by atoms with Crippen molar-refractivity contribution in [2.24, 2.45) is 0 Å². The van der Waals surface area contributed by atoms with Gasteiger partial charge in [-0.05, 0) is 44.5 Å². The Balaban J connectivity index is 1.51. The molecule has 0 fully saturated rings. The fourth-order valence-electron chi connectivity index (χ4n) is 4.32. The molecule has 8 nitrogen and oxygen atoms in total. The molecule has 33 heavy (non-hydrogen) atoms. The molecule has 0 N–H and O–H groups in total. The van der Waals surface area contributed by atoms with Crippen molar-refractivity contribution in [1.29, 1.82) is 0 Å². The SMILES string of the molecule is Cc1cc(=O)n2nc(N3CCc4ncc(-c5ccc(N(C)C)nc5)cc4C3)c(C)c(C)c2n1. The molecule has 8 heteroatoms. The molecule has 0 saturated carbocycles. The number of aromatic nitrogens is 5. The molecule has 1 aliphatic heterocycles. The lowest BCUT2D eigenvalue weighted by Crippen LogP contribution is -2.34. The quantitative estimate of drug-likeness (QED) is 0.483. The van der Waals surface area contributed by atoms with E-state index >= 15 is 0 Å². The molecule has 0 radical (unpaired) electrons. The van der Waals surface area contributed by atoms with E-state index in [0.717, 1.165) is 52.5 Å². The van der Waals surface area contributed by atoms with Gasteiger partial charge in [-0.15, -0.1) is 5.10 Å². The highest BCUT2D eigenvalue weighted by atomic mass is 16.1. The summed E-state index contributed by atoms with van der Waals surface area (Å²) in [5.41, 5.74) is 7.56. The average Bonchev–Trinajstić information content (AvgIpc) is 2.81. The maximum atomic E-state index is 12.6. The summed E-state index contributed by atoms with van der Waals surface area (Å²) in [5.74, 6) is 1.74. The van der Waals surface area contributed by atoms with Crippen LogP contribution in [-0.4, -0.2) is 45.2 Å². The largest absolute Gasteiger partial charge is 0.363 e. The van der Waals surface area contributed by atoms with Gasteiger partial charge in [0.25, 0.3) is 5.56 Å². The van der Waals surface area contributed by atoms with E-state index in [1.54, 1.807) is 0 Å². The molecular formula is C25H27N7O. The van der Waals surface area contributed by atoms with E-state index in [4.69, 9.17) is 10.1 Å². The van der Waals surface area contributed by atoms with Crippen molar-refractivity contribution >= 4 is 17.3 Å². The Kier molecular flexibility index (Phi) is 5.08. The summed E-state index contributed by atoms with van der Waals surface area (Å²) in [6.45, 7) is 7.37. The number of nitrogens with zero attached hydrogens (tertiary/aromatic N) is 7. The normalized spacial score (nSPS) is 13.3. The predicted molar refractivity (Wildman–Crippen MR) is 130 cm³/mol. The van der Waals surface area contributed by atoms with Gasteiger partial charge in [0.05, 0.1) is 0 Å². The average molecular weight is 442 g/mol. The van der Waals surface area contributed by atoms with Crippen LogP contribution in [0.5, 0.6) is 0 Å². The van der Waals surface area contributed by atoms with Gasteiger partial charge in [0.1, 0.15) is 5.82 Å². The van der Waals surface area contributed by atoms with E-state index in [0.29, 0.717) is 17.9 Å². The molecule has 0 amide bonds. The van der Waals surface area contributed by atoms with Crippen LogP contribution in [0.3, 0.4) is 0 Å². The highest BCUT2D eigenvalue weighted by Crippen LogP contribution is 2.29. The van der Waals surface area contributed by atoms with Gasteiger partial charge in [0, 0.05) is 85.7 Å². The molecule has 0 atom stereocenters. The molecule has 4 aromatic rings. The van der Waals surface area contributed by atoms with Crippen LogP contribution < -0.4 is 15.4 Å². The van der Waals surface area contributed by atoms with Crippen molar-refractivity contribution in [3.63, 3.8) is 0 Å². The third-order valence-corrected chi connectivity index (χ3v) is 6.33. The summed E-state index contributed by atoms with van der Waals surface area (Å²) < 4.78 is 1.42. The molecule has 5 heterocycles. The van der Waals surface area contributed by atoms with Crippen molar-refractivity contribution in [3.8, 4) is 11.1 Å². The second-order valence-corrected chi connectivity index (χ2v) is 8.85. The van der Waals surface area contributed by atoms with Gasteiger partial charge in [-0.3, -0.25) is 9.78 Å². The van der Waals surface area contributed by atoms with Gasteiger partial charge in [0.15, 0.2) is 11.5 Å². The third kappa shape index (κ3) is 3.71. The lowest BCUT2D eigenvalue weighted by Gasteiger charge is -2.31. The second-order valence-electron chi connectivity index (χ2n) is 8.85. The summed E-state index contributed by atoms with van der Waals surface area (Å²) in [6, 6.07) is 7.81. The summed E-state index contributed by atoms with van der Waals surface area (Å²) in [7, 11) is 3.96. The first kappa shape index (κ1) is 21.1. The minimum absolute atomic E-state index is 0.156. The van der Waals surface area contributed by atoms with Crippen LogP contribution >= 0.6 is 0 Å². The van der Waals surface area contributed by atoms with Gasteiger partial charge >= 0.3 is 0 Å². The molecule has 4 aromatic heterocycles. The summed E-state index contributed by atoms with van der Waals surface area (Å²) in [6.07, 6.45) is 4.64. The lowest BCUT2D eigenvalue weighted by atomic mass is 10.0. The van der Waals surface area contributed by atoms with Crippen LogP contribution in [0.2, 0.25) is 0 Å². The molecule has 0 unspecified atom stereocenters. The predicted octanol–water partition coefficient (Wildman–Crippen LogP) is 3.10. The fraction of sp³-hybridized carbons (Fsp3) is 0.320. The Morgan fingerprint density at radius 1 is 0.970 bits per heavy atom. The van der Waals surface area contributed by atoms with E-state index in [9.17, 15) is 4.79 Å².